The summed E-state index contributed by atoms with van der Waals surface area (Å²) < 4.78 is 0. The van der Waals surface area contributed by atoms with Gasteiger partial charge in [0, 0.05) is 13.1 Å². The first kappa shape index (κ1) is 14.5. The Balaban J connectivity index is 1.81. The van der Waals surface area contributed by atoms with Crippen LogP contribution in [0.4, 0.5) is 0 Å². The van der Waals surface area contributed by atoms with E-state index in [4.69, 9.17) is 0 Å². The van der Waals surface area contributed by atoms with Gasteiger partial charge in [0.15, 0.2) is 0 Å². The monoisotopic (exact) mass is 260 g/mol. The Morgan fingerprint density at radius 3 is 2.74 bits per heavy atom. The molecule has 1 unspecified atom stereocenters. The van der Waals surface area contributed by atoms with E-state index >= 15 is 0 Å². The van der Waals surface area contributed by atoms with Gasteiger partial charge in [-0.2, -0.15) is 0 Å². The number of nitrogens with zero attached hydrogens (tertiary/aromatic N) is 1. The maximum atomic E-state index is 3.56. The normalized spacial score (nSPS) is 20.0. The molecule has 2 rings (SSSR count). The fraction of sp³-hybridized carbons (Fsp3) is 0.647. The summed E-state index contributed by atoms with van der Waals surface area (Å²) in [6.45, 7) is 10.5. The van der Waals surface area contributed by atoms with Crippen molar-refractivity contribution in [3.05, 3.63) is 35.4 Å². The average molecular weight is 260 g/mol. The lowest BCUT2D eigenvalue weighted by molar-refractivity contribution is 0.313. The van der Waals surface area contributed by atoms with Crippen molar-refractivity contribution in [2.45, 2.75) is 39.7 Å². The second-order valence-corrected chi connectivity index (χ2v) is 5.72. The third-order valence-corrected chi connectivity index (χ3v) is 4.12. The number of nitrogens with one attached hydrogen (secondary N) is 1. The lowest BCUT2D eigenvalue weighted by Crippen LogP contribution is -2.27. The minimum atomic E-state index is 0.848. The lowest BCUT2D eigenvalue weighted by Gasteiger charge is -2.18. The molecule has 0 spiro atoms. The molecule has 0 amide bonds. The molecular formula is C17H28N2. The van der Waals surface area contributed by atoms with Crippen LogP contribution in [0.1, 0.15) is 37.8 Å². The molecule has 0 aromatic heterocycles. The maximum Gasteiger partial charge on any atom is 0.0236 e. The van der Waals surface area contributed by atoms with Gasteiger partial charge in [-0.15, -0.1) is 0 Å². The molecular weight excluding hydrogens is 232 g/mol. The van der Waals surface area contributed by atoms with Crippen molar-refractivity contribution in [3.8, 4) is 0 Å². The number of likely N-dealkylation sites (tertiary alicyclic amines) is 1. The highest BCUT2D eigenvalue weighted by Crippen LogP contribution is 2.20. The summed E-state index contributed by atoms with van der Waals surface area (Å²) in [6, 6.07) is 8.89. The summed E-state index contributed by atoms with van der Waals surface area (Å²) >= 11 is 0. The number of hydrogen-bond acceptors (Lipinski definition) is 2. The minimum absolute atomic E-state index is 0.848. The second-order valence-electron chi connectivity index (χ2n) is 5.72. The topological polar surface area (TPSA) is 15.3 Å². The zero-order valence-electron chi connectivity index (χ0n) is 12.5. The SMILES string of the molecule is CCCNCC1CCN(Cc2ccccc2CC)C1. The zero-order chi connectivity index (χ0) is 13.5. The van der Waals surface area contributed by atoms with Crippen molar-refractivity contribution in [1.82, 2.24) is 10.2 Å². The van der Waals surface area contributed by atoms with Crippen molar-refractivity contribution < 1.29 is 0 Å². The van der Waals surface area contributed by atoms with Crippen LogP contribution in [-0.4, -0.2) is 31.1 Å². The van der Waals surface area contributed by atoms with Gasteiger partial charge in [-0.3, -0.25) is 4.90 Å². The van der Waals surface area contributed by atoms with Gasteiger partial charge in [0.1, 0.15) is 0 Å². The number of rotatable bonds is 7. The fourth-order valence-electron chi connectivity index (χ4n) is 3.00. The Labute approximate surface area is 118 Å². The van der Waals surface area contributed by atoms with Crippen LogP contribution in [0.15, 0.2) is 24.3 Å². The molecule has 19 heavy (non-hydrogen) atoms. The molecule has 2 nitrogen and oxygen atoms in total. The highest BCUT2D eigenvalue weighted by molar-refractivity contribution is 5.27. The van der Waals surface area contributed by atoms with Crippen molar-refractivity contribution in [1.29, 1.82) is 0 Å². The van der Waals surface area contributed by atoms with E-state index in [2.05, 4.69) is 48.3 Å². The third-order valence-electron chi connectivity index (χ3n) is 4.12. The minimum Gasteiger partial charge on any atom is -0.316 e. The largest absolute Gasteiger partial charge is 0.316 e. The van der Waals surface area contributed by atoms with E-state index in [-0.39, 0.29) is 0 Å². The van der Waals surface area contributed by atoms with E-state index in [9.17, 15) is 0 Å². The van der Waals surface area contributed by atoms with E-state index in [0.29, 0.717) is 0 Å². The summed E-state index contributed by atoms with van der Waals surface area (Å²) in [7, 11) is 0. The Morgan fingerprint density at radius 2 is 2.00 bits per heavy atom. The lowest BCUT2D eigenvalue weighted by atomic mass is 10.1. The molecule has 1 aliphatic rings. The van der Waals surface area contributed by atoms with Crippen LogP contribution in [0.3, 0.4) is 0 Å². The van der Waals surface area contributed by atoms with Gasteiger partial charge in [0.2, 0.25) is 0 Å². The molecule has 0 radical (unpaired) electrons. The molecule has 1 heterocycles. The average Bonchev–Trinajstić information content (AvgIpc) is 2.87. The second kappa shape index (κ2) is 7.66. The summed E-state index contributed by atoms with van der Waals surface area (Å²) in [6.07, 6.45) is 3.73. The molecule has 1 fully saturated rings. The molecule has 1 aliphatic heterocycles. The number of aryl methyl sites for hydroxylation is 1. The molecule has 1 N–H and O–H groups in total. The van der Waals surface area contributed by atoms with Crippen LogP contribution in [0.25, 0.3) is 0 Å². The molecule has 1 aromatic rings. The van der Waals surface area contributed by atoms with Crippen LogP contribution in [-0.2, 0) is 13.0 Å². The molecule has 2 heteroatoms. The van der Waals surface area contributed by atoms with Gasteiger partial charge in [0.05, 0.1) is 0 Å². The fourth-order valence-corrected chi connectivity index (χ4v) is 3.00. The third kappa shape index (κ3) is 4.32. The highest BCUT2D eigenvalue weighted by atomic mass is 15.1. The van der Waals surface area contributed by atoms with Crippen LogP contribution >= 0.6 is 0 Å². The van der Waals surface area contributed by atoms with Gasteiger partial charge in [-0.05, 0) is 55.9 Å². The van der Waals surface area contributed by atoms with Crippen LogP contribution in [0, 0.1) is 5.92 Å². The van der Waals surface area contributed by atoms with E-state index in [1.165, 1.54) is 43.6 Å². The van der Waals surface area contributed by atoms with Gasteiger partial charge in [-0.25, -0.2) is 0 Å². The van der Waals surface area contributed by atoms with Gasteiger partial charge >= 0.3 is 0 Å². The van der Waals surface area contributed by atoms with Crippen LogP contribution < -0.4 is 5.32 Å². The van der Waals surface area contributed by atoms with Gasteiger partial charge < -0.3 is 5.32 Å². The summed E-state index contributed by atoms with van der Waals surface area (Å²) in [4.78, 5) is 2.62. The highest BCUT2D eigenvalue weighted by Gasteiger charge is 2.22. The molecule has 1 saturated heterocycles. The smallest absolute Gasteiger partial charge is 0.0236 e. The maximum absolute atomic E-state index is 3.56. The van der Waals surface area contributed by atoms with Crippen molar-refractivity contribution in [2.24, 2.45) is 5.92 Å². The summed E-state index contributed by atoms with van der Waals surface area (Å²) in [5, 5.41) is 3.56. The van der Waals surface area contributed by atoms with E-state index < -0.39 is 0 Å². The first-order chi connectivity index (χ1) is 9.33. The molecule has 0 bridgehead atoms. The van der Waals surface area contributed by atoms with Gasteiger partial charge in [-0.1, -0.05) is 38.1 Å². The van der Waals surface area contributed by atoms with Crippen molar-refractivity contribution >= 4 is 0 Å². The Hall–Kier alpha value is -0.860. The molecule has 1 atom stereocenters. The van der Waals surface area contributed by atoms with E-state index in [0.717, 1.165) is 25.4 Å². The van der Waals surface area contributed by atoms with Crippen LogP contribution in [0.2, 0.25) is 0 Å². The van der Waals surface area contributed by atoms with E-state index in [1.54, 1.807) is 0 Å². The first-order valence-electron chi connectivity index (χ1n) is 7.83. The number of hydrogen-bond donors (Lipinski definition) is 1. The zero-order valence-corrected chi connectivity index (χ0v) is 12.5. The summed E-state index contributed by atoms with van der Waals surface area (Å²) in [5.41, 5.74) is 3.03. The van der Waals surface area contributed by atoms with Crippen molar-refractivity contribution in [2.75, 3.05) is 26.2 Å². The first-order valence-corrected chi connectivity index (χ1v) is 7.83. The molecule has 0 aliphatic carbocycles. The predicted molar refractivity (Wildman–Crippen MR) is 82.4 cm³/mol. The molecule has 1 aromatic carbocycles. The molecule has 106 valence electrons. The standard InChI is InChI=1S/C17H28N2/c1-3-10-18-12-15-9-11-19(13-15)14-17-8-6-5-7-16(17)4-2/h5-8,15,18H,3-4,9-14H2,1-2H3. The number of benzene rings is 1. The van der Waals surface area contributed by atoms with Gasteiger partial charge in [0.25, 0.3) is 0 Å². The van der Waals surface area contributed by atoms with E-state index in [1.807, 2.05) is 0 Å². The Bertz CT molecular complexity index is 375. The Morgan fingerprint density at radius 1 is 1.21 bits per heavy atom. The van der Waals surface area contributed by atoms with Crippen LogP contribution in [0.5, 0.6) is 0 Å². The van der Waals surface area contributed by atoms with Crippen molar-refractivity contribution in [3.63, 3.8) is 0 Å². The Kier molecular flexibility index (Phi) is 5.87. The quantitative estimate of drug-likeness (QED) is 0.758. The predicted octanol–water partition coefficient (Wildman–Crippen LogP) is 3.07. The molecule has 0 saturated carbocycles. The summed E-state index contributed by atoms with van der Waals surface area (Å²) in [5.74, 6) is 0.848.